The van der Waals surface area contributed by atoms with Gasteiger partial charge in [0.15, 0.2) is 0 Å². The minimum Gasteiger partial charge on any atom is -0.352 e. The second-order valence-electron chi connectivity index (χ2n) is 5.49. The Balaban J connectivity index is 0.00000200. The quantitative estimate of drug-likeness (QED) is 0.865. The Bertz CT molecular complexity index is 417. The maximum absolute atomic E-state index is 11.9. The highest BCUT2D eigenvalue weighted by Crippen LogP contribution is 2.12. The van der Waals surface area contributed by atoms with Crippen molar-refractivity contribution in [3.8, 4) is 0 Å². The number of hydrogen-bond donors (Lipinski definition) is 2. The number of nitrogens with one attached hydrogen (secondary N) is 2. The number of halogens is 2. The van der Waals surface area contributed by atoms with E-state index in [2.05, 4.69) is 34.0 Å². The fourth-order valence-electron chi connectivity index (χ4n) is 2.51. The molecule has 0 spiro atoms. The van der Waals surface area contributed by atoms with E-state index in [0.717, 1.165) is 31.8 Å². The summed E-state index contributed by atoms with van der Waals surface area (Å²) in [4.78, 5) is 16.2. The summed E-state index contributed by atoms with van der Waals surface area (Å²) in [5.41, 5.74) is 0. The Morgan fingerprint density at radius 3 is 2.90 bits per heavy atom. The van der Waals surface area contributed by atoms with Crippen LogP contribution in [0, 0.1) is 0 Å². The monoisotopic (exact) mass is 336 g/mol. The number of aryl methyl sites for hydroxylation is 1. The summed E-state index contributed by atoms with van der Waals surface area (Å²) in [6.45, 7) is 6.91. The van der Waals surface area contributed by atoms with Crippen LogP contribution in [0.5, 0.6) is 0 Å². The lowest BCUT2D eigenvalue weighted by molar-refractivity contribution is -0.122. The zero-order valence-electron chi connectivity index (χ0n) is 12.7. The van der Waals surface area contributed by atoms with Crippen LogP contribution in [0.1, 0.15) is 44.9 Å². The zero-order valence-corrected chi connectivity index (χ0v) is 14.3. The molecule has 1 atom stereocenters. The molecular weight excluding hydrogens is 311 g/mol. The van der Waals surface area contributed by atoms with Crippen LogP contribution in [0.3, 0.4) is 0 Å². The van der Waals surface area contributed by atoms with Crippen molar-refractivity contribution in [3.63, 3.8) is 0 Å². The Labute approximate surface area is 139 Å². The Kier molecular flexibility index (Phi) is 9.66. The fourth-order valence-corrected chi connectivity index (χ4v) is 2.51. The van der Waals surface area contributed by atoms with Crippen molar-refractivity contribution in [2.24, 2.45) is 0 Å². The van der Waals surface area contributed by atoms with Crippen LogP contribution in [0.4, 0.5) is 0 Å². The zero-order chi connectivity index (χ0) is 13.7. The third kappa shape index (κ3) is 6.24. The lowest BCUT2D eigenvalue weighted by Crippen LogP contribution is -2.45. The molecular formula is C14H26Cl2N4O. The van der Waals surface area contributed by atoms with E-state index in [9.17, 15) is 4.79 Å². The van der Waals surface area contributed by atoms with Crippen molar-refractivity contribution in [1.29, 1.82) is 0 Å². The minimum atomic E-state index is 0. The molecule has 5 nitrogen and oxygen atoms in total. The number of imidazole rings is 1. The smallest absolute Gasteiger partial charge is 0.222 e. The van der Waals surface area contributed by atoms with E-state index in [4.69, 9.17) is 0 Å². The maximum Gasteiger partial charge on any atom is 0.222 e. The number of nitrogens with zero attached hydrogens (tertiary/aromatic N) is 2. The van der Waals surface area contributed by atoms with Crippen molar-refractivity contribution in [2.45, 2.75) is 51.6 Å². The highest BCUT2D eigenvalue weighted by molar-refractivity contribution is 5.85. The van der Waals surface area contributed by atoms with E-state index in [-0.39, 0.29) is 30.7 Å². The first-order valence-corrected chi connectivity index (χ1v) is 7.18. The van der Waals surface area contributed by atoms with Gasteiger partial charge in [0, 0.05) is 43.9 Å². The van der Waals surface area contributed by atoms with Gasteiger partial charge in [-0.05, 0) is 19.4 Å². The van der Waals surface area contributed by atoms with E-state index in [1.165, 1.54) is 0 Å². The molecule has 1 aliphatic heterocycles. The molecule has 2 N–H and O–H groups in total. The predicted octanol–water partition coefficient (Wildman–Crippen LogP) is 2.11. The van der Waals surface area contributed by atoms with Crippen LogP contribution in [0.25, 0.3) is 0 Å². The molecule has 0 aliphatic carbocycles. The molecule has 1 aliphatic rings. The van der Waals surface area contributed by atoms with Crippen LogP contribution in [0.2, 0.25) is 0 Å². The molecule has 1 fully saturated rings. The molecule has 1 aromatic heterocycles. The highest BCUT2D eigenvalue weighted by Gasteiger charge is 2.15. The topological polar surface area (TPSA) is 59.0 Å². The molecule has 0 bridgehead atoms. The summed E-state index contributed by atoms with van der Waals surface area (Å²) in [6.07, 6.45) is 6.50. The molecule has 2 rings (SSSR count). The summed E-state index contributed by atoms with van der Waals surface area (Å²) in [5.74, 6) is 1.57. The first-order chi connectivity index (χ1) is 9.16. The van der Waals surface area contributed by atoms with E-state index in [0.29, 0.717) is 24.9 Å². The molecule has 1 saturated heterocycles. The van der Waals surface area contributed by atoms with E-state index in [1.807, 2.05) is 6.20 Å². The number of hydrogen-bond acceptors (Lipinski definition) is 3. The highest BCUT2D eigenvalue weighted by atomic mass is 35.5. The molecule has 1 aromatic rings. The van der Waals surface area contributed by atoms with Crippen molar-refractivity contribution in [3.05, 3.63) is 18.2 Å². The van der Waals surface area contributed by atoms with Gasteiger partial charge in [-0.15, -0.1) is 24.8 Å². The fraction of sp³-hybridized carbons (Fsp3) is 0.714. The Morgan fingerprint density at radius 1 is 1.52 bits per heavy atom. The molecule has 21 heavy (non-hydrogen) atoms. The van der Waals surface area contributed by atoms with Crippen LogP contribution in [0.15, 0.2) is 12.4 Å². The molecule has 1 amide bonds. The first kappa shape index (κ1) is 20.2. The number of carbonyl (C=O) groups is 1. The van der Waals surface area contributed by atoms with Gasteiger partial charge in [0.05, 0.1) is 0 Å². The van der Waals surface area contributed by atoms with Gasteiger partial charge in [-0.1, -0.05) is 13.8 Å². The average Bonchev–Trinajstić information content (AvgIpc) is 2.86. The summed E-state index contributed by atoms with van der Waals surface area (Å²) >= 11 is 0. The average molecular weight is 337 g/mol. The van der Waals surface area contributed by atoms with Crippen molar-refractivity contribution in [1.82, 2.24) is 20.2 Å². The molecule has 0 saturated carbocycles. The van der Waals surface area contributed by atoms with Crippen molar-refractivity contribution >= 4 is 30.7 Å². The van der Waals surface area contributed by atoms with E-state index < -0.39 is 0 Å². The van der Waals surface area contributed by atoms with Gasteiger partial charge < -0.3 is 15.2 Å². The van der Waals surface area contributed by atoms with Gasteiger partial charge in [-0.2, -0.15) is 0 Å². The lowest BCUT2D eigenvalue weighted by atomic mass is 10.1. The van der Waals surface area contributed by atoms with Gasteiger partial charge in [-0.3, -0.25) is 4.79 Å². The summed E-state index contributed by atoms with van der Waals surface area (Å²) in [6, 6.07) is 0.300. The summed E-state index contributed by atoms with van der Waals surface area (Å²) in [7, 11) is 0. The van der Waals surface area contributed by atoms with Gasteiger partial charge in [-0.25, -0.2) is 4.98 Å². The van der Waals surface area contributed by atoms with Gasteiger partial charge in [0.1, 0.15) is 5.82 Å². The molecule has 0 aromatic carbocycles. The Hall–Kier alpha value is -0.780. The number of piperidine rings is 1. The van der Waals surface area contributed by atoms with Crippen LogP contribution in [-0.2, 0) is 11.3 Å². The predicted molar refractivity (Wildman–Crippen MR) is 89.5 cm³/mol. The number of amides is 1. The molecule has 7 heteroatoms. The standard InChI is InChI=1S/C14H24N4O.2ClH/c1-11(2)14-16-7-9-18(14)8-5-13(19)17-12-4-3-6-15-10-12;;/h7,9,11-12,15H,3-6,8,10H2,1-2H3,(H,17,19);2*1H/t12-;;/m0../s1. The van der Waals surface area contributed by atoms with Crippen LogP contribution < -0.4 is 10.6 Å². The van der Waals surface area contributed by atoms with Crippen LogP contribution >= 0.6 is 24.8 Å². The van der Waals surface area contributed by atoms with Gasteiger partial charge in [0.2, 0.25) is 5.91 Å². The minimum absolute atomic E-state index is 0. The molecule has 2 heterocycles. The van der Waals surface area contributed by atoms with E-state index >= 15 is 0 Å². The SMILES string of the molecule is CC(C)c1nccn1CCC(=O)N[C@H]1CCCNC1.Cl.Cl. The first-order valence-electron chi connectivity index (χ1n) is 7.18. The summed E-state index contributed by atoms with van der Waals surface area (Å²) < 4.78 is 2.07. The second kappa shape index (κ2) is 10.0. The van der Waals surface area contributed by atoms with Crippen molar-refractivity contribution in [2.75, 3.05) is 13.1 Å². The second-order valence-corrected chi connectivity index (χ2v) is 5.49. The normalized spacial score (nSPS) is 17.8. The third-order valence-electron chi connectivity index (χ3n) is 3.51. The maximum atomic E-state index is 11.9. The van der Waals surface area contributed by atoms with Gasteiger partial charge >= 0.3 is 0 Å². The van der Waals surface area contributed by atoms with E-state index in [1.54, 1.807) is 6.20 Å². The number of aromatic nitrogens is 2. The lowest BCUT2D eigenvalue weighted by Gasteiger charge is -2.23. The Morgan fingerprint density at radius 2 is 2.29 bits per heavy atom. The largest absolute Gasteiger partial charge is 0.352 e. The van der Waals surface area contributed by atoms with Gasteiger partial charge in [0.25, 0.3) is 0 Å². The van der Waals surface area contributed by atoms with Crippen LogP contribution in [-0.4, -0.2) is 34.6 Å². The number of rotatable bonds is 5. The van der Waals surface area contributed by atoms with Crippen molar-refractivity contribution < 1.29 is 4.79 Å². The molecule has 0 unspecified atom stereocenters. The number of carbonyl (C=O) groups excluding carboxylic acids is 1. The third-order valence-corrected chi connectivity index (χ3v) is 3.51. The molecule has 122 valence electrons. The summed E-state index contributed by atoms with van der Waals surface area (Å²) in [5, 5.41) is 6.40. The molecule has 0 radical (unpaired) electrons.